The van der Waals surface area contributed by atoms with E-state index in [9.17, 15) is 19.1 Å². The van der Waals surface area contributed by atoms with Gasteiger partial charge in [0.15, 0.2) is 5.65 Å². The predicted octanol–water partition coefficient (Wildman–Crippen LogP) is 2.50. The molecule has 0 unspecified atom stereocenters. The van der Waals surface area contributed by atoms with Crippen LogP contribution >= 0.6 is 0 Å². The van der Waals surface area contributed by atoms with Crippen LogP contribution in [-0.4, -0.2) is 118 Å². The Balaban J connectivity index is 1.30. The van der Waals surface area contributed by atoms with Gasteiger partial charge in [-0.25, -0.2) is 18.3 Å². The summed E-state index contributed by atoms with van der Waals surface area (Å²) in [4.78, 5) is 37.5. The summed E-state index contributed by atoms with van der Waals surface area (Å²) in [6, 6.07) is 7.57. The van der Waals surface area contributed by atoms with Crippen LogP contribution in [0.2, 0.25) is 0 Å². The zero-order valence-corrected chi connectivity index (χ0v) is 29.7. The Morgan fingerprint density at radius 3 is 2.69 bits per heavy atom. The predicted molar refractivity (Wildman–Crippen MR) is 188 cm³/mol. The Morgan fingerprint density at radius 2 is 1.94 bits per heavy atom. The van der Waals surface area contributed by atoms with E-state index in [1.807, 2.05) is 11.0 Å². The van der Waals surface area contributed by atoms with E-state index >= 15 is 0 Å². The van der Waals surface area contributed by atoms with Crippen LogP contribution in [0.4, 0.5) is 21.5 Å². The molecule has 266 valence electrons. The second-order valence-corrected chi connectivity index (χ2v) is 15.9. The van der Waals surface area contributed by atoms with Crippen LogP contribution in [0.5, 0.6) is 0 Å². The number of carbonyl (C=O) groups excluding carboxylic acids is 1. The minimum absolute atomic E-state index is 0.00991. The summed E-state index contributed by atoms with van der Waals surface area (Å²) in [5.74, 6) is -0.295. The third kappa shape index (κ3) is 6.51. The molecule has 1 aromatic carbocycles. The lowest BCUT2D eigenvalue weighted by Crippen LogP contribution is -2.62. The summed E-state index contributed by atoms with van der Waals surface area (Å²) in [5.41, 5.74) is 2.24. The van der Waals surface area contributed by atoms with Gasteiger partial charge in [-0.1, -0.05) is 13.8 Å². The van der Waals surface area contributed by atoms with E-state index in [4.69, 9.17) is 9.84 Å². The maximum Gasteiger partial charge on any atom is 0.350 e. The smallest absolute Gasteiger partial charge is 0.350 e. The van der Waals surface area contributed by atoms with Crippen molar-refractivity contribution < 1.29 is 19.0 Å². The first-order valence-electron chi connectivity index (χ1n) is 17.8. The number of pyridine rings is 1. The van der Waals surface area contributed by atoms with E-state index in [0.29, 0.717) is 42.8 Å². The number of carbonyl (C=O) groups is 1. The molecule has 12 nitrogen and oxygen atoms in total. The van der Waals surface area contributed by atoms with Gasteiger partial charge in [-0.3, -0.25) is 14.6 Å². The van der Waals surface area contributed by atoms with Crippen molar-refractivity contribution in [3.8, 4) is 0 Å². The van der Waals surface area contributed by atoms with Gasteiger partial charge in [0.2, 0.25) is 5.91 Å². The standard InChI is InChI=1S/C36H51FN8O4/c1-23-17-41(27(16-38-23)18-40-12-13-49-20-24(40)2)19-31(46)43-21-35(3,4)32-29(43)15-30(33-39-44(22-36(5,6)48)34(47)45(32)33)42-11-7-8-25-14-26(37)9-10-28(25)42/h9-10,14-15,23-24,27,38,48H,7-8,11-13,16-22H2,1-6H3/t23-,24-,27-/m1/s1. The molecular formula is C36H51FN8O4. The number of benzene rings is 1. The van der Waals surface area contributed by atoms with Gasteiger partial charge in [-0.2, -0.15) is 0 Å². The van der Waals surface area contributed by atoms with Gasteiger partial charge in [0, 0.05) is 68.5 Å². The van der Waals surface area contributed by atoms with Crippen molar-refractivity contribution in [2.45, 2.75) is 90.1 Å². The largest absolute Gasteiger partial charge is 0.389 e. The van der Waals surface area contributed by atoms with Gasteiger partial charge in [-0.05, 0) is 70.4 Å². The SMILES string of the molecule is C[C@@H]1CN(CC(=O)N2CC(C)(C)c3c2cc(N2CCCc4cc(F)ccc42)c2nn(CC(C)(C)O)c(=O)n32)[C@@H](CN2CCOC[C@H]2C)CN1. The number of fused-ring (bicyclic) bond motifs is 4. The number of ether oxygens (including phenoxy) is 1. The number of aryl methyl sites for hydroxylation is 1. The fourth-order valence-corrected chi connectivity index (χ4v) is 8.24. The molecule has 0 saturated carbocycles. The average Bonchev–Trinajstić information content (AvgIpc) is 3.49. The van der Waals surface area contributed by atoms with E-state index in [2.05, 4.69) is 47.7 Å². The Kier molecular flexibility index (Phi) is 8.88. The summed E-state index contributed by atoms with van der Waals surface area (Å²) in [7, 11) is 0. The van der Waals surface area contributed by atoms with Crippen molar-refractivity contribution in [2.24, 2.45) is 0 Å². The van der Waals surface area contributed by atoms with Crippen LogP contribution in [0.15, 0.2) is 29.1 Å². The number of aromatic nitrogens is 3. The monoisotopic (exact) mass is 678 g/mol. The van der Waals surface area contributed by atoms with Gasteiger partial charge in [0.05, 0.1) is 49.0 Å². The van der Waals surface area contributed by atoms with E-state index in [1.54, 1.807) is 30.4 Å². The van der Waals surface area contributed by atoms with Crippen LogP contribution in [0.1, 0.15) is 59.2 Å². The number of piperazine rings is 1. The van der Waals surface area contributed by atoms with Crippen molar-refractivity contribution in [1.29, 1.82) is 0 Å². The van der Waals surface area contributed by atoms with Crippen molar-refractivity contribution >= 4 is 28.6 Å². The van der Waals surface area contributed by atoms with Crippen LogP contribution in [0.3, 0.4) is 0 Å². The molecule has 3 atom stereocenters. The van der Waals surface area contributed by atoms with E-state index < -0.39 is 11.0 Å². The van der Waals surface area contributed by atoms with Crippen LogP contribution in [0.25, 0.3) is 5.65 Å². The Hall–Kier alpha value is -3.36. The molecule has 0 radical (unpaired) electrons. The topological polar surface area (TPSA) is 111 Å². The molecular weight excluding hydrogens is 627 g/mol. The number of nitrogens with one attached hydrogen (secondary N) is 1. The second-order valence-electron chi connectivity index (χ2n) is 15.9. The fourth-order valence-electron chi connectivity index (χ4n) is 8.24. The van der Waals surface area contributed by atoms with Crippen LogP contribution < -0.4 is 20.8 Å². The molecule has 2 N–H and O–H groups in total. The zero-order chi connectivity index (χ0) is 34.8. The highest BCUT2D eigenvalue weighted by Crippen LogP contribution is 2.45. The number of rotatable bonds is 7. The molecule has 0 aliphatic carbocycles. The number of morpholine rings is 1. The Bertz CT molecular complexity index is 1800. The molecule has 4 aliphatic heterocycles. The fraction of sp³-hybridized carbons (Fsp3) is 0.639. The number of anilines is 3. The van der Waals surface area contributed by atoms with Crippen molar-refractivity contribution in [3.63, 3.8) is 0 Å². The Labute approximate surface area is 287 Å². The van der Waals surface area contributed by atoms with Crippen molar-refractivity contribution in [2.75, 3.05) is 68.8 Å². The second kappa shape index (κ2) is 12.8. The number of nitrogens with zero attached hydrogens (tertiary/aromatic N) is 7. The summed E-state index contributed by atoms with van der Waals surface area (Å²) in [6.07, 6.45) is 1.54. The lowest BCUT2D eigenvalue weighted by atomic mass is 9.91. The lowest BCUT2D eigenvalue weighted by molar-refractivity contribution is -0.121. The molecule has 6 heterocycles. The van der Waals surface area contributed by atoms with Crippen LogP contribution in [-0.2, 0) is 27.9 Å². The van der Waals surface area contributed by atoms with Gasteiger partial charge in [0.25, 0.3) is 0 Å². The molecule has 2 saturated heterocycles. The summed E-state index contributed by atoms with van der Waals surface area (Å²) in [6.45, 7) is 17.8. The molecule has 13 heteroatoms. The van der Waals surface area contributed by atoms with E-state index in [0.717, 1.165) is 62.6 Å². The van der Waals surface area contributed by atoms with Crippen molar-refractivity contribution in [1.82, 2.24) is 29.3 Å². The molecule has 3 aromatic rings. The third-order valence-electron chi connectivity index (χ3n) is 10.6. The van der Waals surface area contributed by atoms with Gasteiger partial charge in [-0.15, -0.1) is 5.10 Å². The summed E-state index contributed by atoms with van der Waals surface area (Å²) < 4.78 is 23.0. The zero-order valence-electron chi connectivity index (χ0n) is 29.7. The number of aliphatic hydroxyl groups is 1. The first-order chi connectivity index (χ1) is 23.2. The quantitative estimate of drug-likeness (QED) is 0.390. The molecule has 2 aromatic heterocycles. The van der Waals surface area contributed by atoms with Crippen molar-refractivity contribution in [3.05, 3.63) is 51.8 Å². The van der Waals surface area contributed by atoms with Gasteiger partial charge >= 0.3 is 5.69 Å². The minimum atomic E-state index is -1.17. The number of hydrogen-bond acceptors (Lipinski definition) is 9. The molecule has 0 spiro atoms. The molecule has 7 rings (SSSR count). The highest BCUT2D eigenvalue weighted by atomic mass is 19.1. The molecule has 0 bridgehead atoms. The van der Waals surface area contributed by atoms with Crippen LogP contribution in [0, 0.1) is 5.82 Å². The first-order valence-corrected chi connectivity index (χ1v) is 17.8. The average molecular weight is 679 g/mol. The highest BCUT2D eigenvalue weighted by molar-refractivity contribution is 5.99. The maximum absolute atomic E-state index is 14.5. The maximum atomic E-state index is 14.5. The third-order valence-corrected chi connectivity index (χ3v) is 10.6. The number of hydrogen-bond donors (Lipinski definition) is 2. The molecule has 4 aliphatic rings. The summed E-state index contributed by atoms with van der Waals surface area (Å²) >= 11 is 0. The van der Waals surface area contributed by atoms with E-state index in [-0.39, 0.29) is 42.6 Å². The Morgan fingerprint density at radius 1 is 1.14 bits per heavy atom. The molecule has 1 amide bonds. The normalized spacial score (nSPS) is 24.8. The molecule has 2 fully saturated rings. The van der Waals surface area contributed by atoms with Gasteiger partial charge in [0.1, 0.15) is 5.82 Å². The first kappa shape index (κ1) is 34.1. The highest BCUT2D eigenvalue weighted by Gasteiger charge is 2.44. The lowest BCUT2D eigenvalue weighted by Gasteiger charge is -2.43. The van der Waals surface area contributed by atoms with E-state index in [1.165, 1.54) is 10.7 Å². The minimum Gasteiger partial charge on any atom is -0.389 e. The summed E-state index contributed by atoms with van der Waals surface area (Å²) in [5, 5.41) is 19.1. The number of amides is 1. The molecule has 49 heavy (non-hydrogen) atoms. The number of halogens is 1. The van der Waals surface area contributed by atoms with Gasteiger partial charge < -0.3 is 25.0 Å².